The number of H-pyrrole nitrogens is 1. The highest BCUT2D eigenvalue weighted by atomic mass is 32.2. The molecule has 126 valence electrons. The van der Waals surface area contributed by atoms with Crippen molar-refractivity contribution in [1.29, 1.82) is 0 Å². The minimum absolute atomic E-state index is 0.123. The zero-order chi connectivity index (χ0) is 16.9. The summed E-state index contributed by atoms with van der Waals surface area (Å²) in [5.41, 5.74) is 2.72. The molecule has 0 bridgehead atoms. The Morgan fingerprint density at radius 1 is 1.29 bits per heavy atom. The van der Waals surface area contributed by atoms with Crippen LogP contribution >= 0.6 is 11.8 Å². The summed E-state index contributed by atoms with van der Waals surface area (Å²) < 4.78 is 2.04. The van der Waals surface area contributed by atoms with Gasteiger partial charge in [0.15, 0.2) is 10.9 Å². The summed E-state index contributed by atoms with van der Waals surface area (Å²) in [5.74, 6) is 0.493. The normalized spacial score (nSPS) is 11.2. The molecule has 0 spiro atoms. The van der Waals surface area contributed by atoms with Gasteiger partial charge in [-0.15, -0.1) is 10.2 Å². The number of Topliss-reactive ketones (excluding diaryl/α,β-unsaturated/α-hetero) is 1. The Balaban J connectivity index is 1.70. The molecule has 2 heterocycles. The number of ketones is 1. The summed E-state index contributed by atoms with van der Waals surface area (Å²) in [6, 6.07) is 7.92. The maximum atomic E-state index is 12.7. The van der Waals surface area contributed by atoms with Gasteiger partial charge in [-0.1, -0.05) is 49.7 Å². The number of carbonyl (C=O) groups excluding carboxylic acids is 1. The molecule has 0 atom stereocenters. The fraction of sp³-hybridized carbons (Fsp3) is 0.389. The minimum Gasteiger partial charge on any atom is -0.358 e. The summed E-state index contributed by atoms with van der Waals surface area (Å²) >= 11 is 1.46. The van der Waals surface area contributed by atoms with Gasteiger partial charge in [-0.3, -0.25) is 4.79 Å². The first-order valence-electron chi connectivity index (χ1n) is 8.31. The number of benzene rings is 1. The summed E-state index contributed by atoms with van der Waals surface area (Å²) in [6.07, 6.45) is 5.23. The first kappa shape index (κ1) is 16.8. The zero-order valence-corrected chi connectivity index (χ0v) is 14.9. The molecule has 0 aliphatic carbocycles. The molecule has 2 aromatic heterocycles. The molecule has 5 nitrogen and oxygen atoms in total. The molecule has 3 aromatic rings. The molecule has 0 saturated heterocycles. The van der Waals surface area contributed by atoms with Crippen molar-refractivity contribution in [2.24, 2.45) is 0 Å². The van der Waals surface area contributed by atoms with Crippen molar-refractivity contribution in [3.05, 3.63) is 41.9 Å². The molecule has 0 aliphatic rings. The van der Waals surface area contributed by atoms with Crippen LogP contribution in [0.15, 0.2) is 35.7 Å². The van der Waals surface area contributed by atoms with Gasteiger partial charge in [-0.05, 0) is 19.4 Å². The van der Waals surface area contributed by atoms with E-state index in [0.29, 0.717) is 5.75 Å². The average molecular weight is 342 g/mol. The third-order valence-electron chi connectivity index (χ3n) is 4.09. The van der Waals surface area contributed by atoms with E-state index in [0.717, 1.165) is 40.3 Å². The number of hydrogen-bond acceptors (Lipinski definition) is 4. The number of hydrogen-bond donors (Lipinski definition) is 1. The Morgan fingerprint density at radius 2 is 2.12 bits per heavy atom. The van der Waals surface area contributed by atoms with E-state index < -0.39 is 0 Å². The van der Waals surface area contributed by atoms with E-state index >= 15 is 0 Å². The van der Waals surface area contributed by atoms with E-state index in [2.05, 4.69) is 22.1 Å². The van der Waals surface area contributed by atoms with Crippen molar-refractivity contribution in [1.82, 2.24) is 19.7 Å². The van der Waals surface area contributed by atoms with Crippen LogP contribution in [0.1, 0.15) is 42.2 Å². The molecule has 24 heavy (non-hydrogen) atoms. The van der Waals surface area contributed by atoms with E-state index in [1.54, 1.807) is 6.33 Å². The number of thioether (sulfide) groups is 1. The Hall–Kier alpha value is -2.08. The van der Waals surface area contributed by atoms with Gasteiger partial charge in [-0.25, -0.2) is 0 Å². The van der Waals surface area contributed by atoms with Crippen LogP contribution in [-0.4, -0.2) is 31.3 Å². The Morgan fingerprint density at radius 3 is 2.96 bits per heavy atom. The van der Waals surface area contributed by atoms with Gasteiger partial charge in [0.25, 0.3) is 0 Å². The van der Waals surface area contributed by atoms with Crippen LogP contribution in [-0.2, 0) is 6.54 Å². The fourth-order valence-corrected chi connectivity index (χ4v) is 3.69. The molecule has 1 N–H and O–H groups in total. The van der Waals surface area contributed by atoms with Gasteiger partial charge in [-0.2, -0.15) is 0 Å². The predicted molar refractivity (Wildman–Crippen MR) is 97.6 cm³/mol. The molecule has 0 unspecified atom stereocenters. The number of rotatable bonds is 8. The molecule has 0 fully saturated rings. The topological polar surface area (TPSA) is 63.6 Å². The van der Waals surface area contributed by atoms with Gasteiger partial charge in [0, 0.05) is 28.7 Å². The number of aryl methyl sites for hydroxylation is 2. The molecule has 6 heteroatoms. The summed E-state index contributed by atoms with van der Waals surface area (Å²) in [6.45, 7) is 5.04. The highest BCUT2D eigenvalue weighted by molar-refractivity contribution is 7.99. The van der Waals surface area contributed by atoms with Crippen LogP contribution in [0.5, 0.6) is 0 Å². The van der Waals surface area contributed by atoms with Gasteiger partial charge < -0.3 is 9.55 Å². The van der Waals surface area contributed by atoms with Crippen LogP contribution in [0.3, 0.4) is 0 Å². The van der Waals surface area contributed by atoms with Crippen molar-refractivity contribution < 1.29 is 4.79 Å². The van der Waals surface area contributed by atoms with E-state index in [1.807, 2.05) is 35.8 Å². The van der Waals surface area contributed by atoms with E-state index in [-0.39, 0.29) is 5.78 Å². The Bertz CT molecular complexity index is 837. The number of fused-ring (bicyclic) bond motifs is 1. The first-order valence-corrected chi connectivity index (χ1v) is 9.30. The molecular formula is C18H22N4OS. The van der Waals surface area contributed by atoms with E-state index in [9.17, 15) is 4.79 Å². The van der Waals surface area contributed by atoms with Crippen molar-refractivity contribution in [2.45, 2.75) is 44.8 Å². The fourth-order valence-electron chi connectivity index (χ4n) is 2.88. The molecule has 0 radical (unpaired) electrons. The second kappa shape index (κ2) is 7.66. The number of nitrogens with zero attached hydrogens (tertiary/aromatic N) is 3. The largest absolute Gasteiger partial charge is 0.358 e. The van der Waals surface area contributed by atoms with Crippen LogP contribution in [0.25, 0.3) is 10.9 Å². The lowest BCUT2D eigenvalue weighted by Crippen LogP contribution is -2.06. The first-order chi connectivity index (χ1) is 11.7. The standard InChI is InChI=1S/C18H22N4OS/c1-3-4-7-10-22-12-19-21-18(22)24-11-16(23)17-13(2)20-15-9-6-5-8-14(15)17/h5-6,8-9,12,20H,3-4,7,10-11H2,1-2H3. The second-order valence-corrected chi connectivity index (χ2v) is 6.84. The van der Waals surface area contributed by atoms with E-state index in [4.69, 9.17) is 0 Å². The molecular weight excluding hydrogens is 320 g/mol. The van der Waals surface area contributed by atoms with Crippen LogP contribution < -0.4 is 0 Å². The number of carbonyl (C=O) groups is 1. The number of para-hydroxylation sites is 1. The third-order valence-corrected chi connectivity index (χ3v) is 5.07. The van der Waals surface area contributed by atoms with Crippen molar-refractivity contribution in [3.8, 4) is 0 Å². The smallest absolute Gasteiger partial charge is 0.191 e. The van der Waals surface area contributed by atoms with Crippen molar-refractivity contribution in [2.75, 3.05) is 5.75 Å². The van der Waals surface area contributed by atoms with Gasteiger partial charge >= 0.3 is 0 Å². The quantitative estimate of drug-likeness (QED) is 0.378. The highest BCUT2D eigenvalue weighted by Gasteiger charge is 2.17. The molecule has 3 rings (SSSR count). The van der Waals surface area contributed by atoms with Crippen molar-refractivity contribution in [3.63, 3.8) is 0 Å². The summed E-state index contributed by atoms with van der Waals surface area (Å²) in [4.78, 5) is 16.0. The maximum absolute atomic E-state index is 12.7. The second-order valence-electron chi connectivity index (χ2n) is 5.90. The maximum Gasteiger partial charge on any atom is 0.191 e. The SMILES string of the molecule is CCCCCn1cnnc1SCC(=O)c1c(C)[nH]c2ccccc12. The van der Waals surface area contributed by atoms with Crippen molar-refractivity contribution >= 4 is 28.4 Å². The Labute approximate surface area is 145 Å². The van der Waals surface area contributed by atoms with Crippen LogP contribution in [0, 0.1) is 6.92 Å². The average Bonchev–Trinajstić information content (AvgIpc) is 3.16. The Kier molecular flexibility index (Phi) is 5.35. The highest BCUT2D eigenvalue weighted by Crippen LogP contribution is 2.25. The van der Waals surface area contributed by atoms with E-state index in [1.165, 1.54) is 24.6 Å². The monoisotopic (exact) mass is 342 g/mol. The van der Waals surface area contributed by atoms with Gasteiger partial charge in [0.05, 0.1) is 5.75 Å². The number of unbranched alkanes of at least 4 members (excludes halogenated alkanes) is 2. The molecule has 1 aromatic carbocycles. The van der Waals surface area contributed by atoms with Gasteiger partial charge in [0.2, 0.25) is 0 Å². The van der Waals surface area contributed by atoms with Crippen LogP contribution in [0.4, 0.5) is 0 Å². The number of aromatic amines is 1. The zero-order valence-electron chi connectivity index (χ0n) is 14.1. The number of nitrogens with one attached hydrogen (secondary N) is 1. The predicted octanol–water partition coefficient (Wildman–Crippen LogP) is 4.23. The van der Waals surface area contributed by atoms with Gasteiger partial charge in [0.1, 0.15) is 6.33 Å². The van der Waals surface area contributed by atoms with Crippen LogP contribution in [0.2, 0.25) is 0 Å². The molecule has 0 saturated carbocycles. The summed E-state index contributed by atoms with van der Waals surface area (Å²) in [7, 11) is 0. The third kappa shape index (κ3) is 3.53. The minimum atomic E-state index is 0.123. The molecule has 0 aliphatic heterocycles. The summed E-state index contributed by atoms with van der Waals surface area (Å²) in [5, 5.41) is 9.94. The lowest BCUT2D eigenvalue weighted by atomic mass is 10.1. The number of aromatic nitrogens is 4. The lowest BCUT2D eigenvalue weighted by Gasteiger charge is -2.05. The lowest BCUT2D eigenvalue weighted by molar-refractivity contribution is 0.102. The molecule has 0 amide bonds.